The third-order valence-electron chi connectivity index (χ3n) is 2.73. The van der Waals surface area contributed by atoms with Gasteiger partial charge in [0.05, 0.1) is 6.54 Å². The maximum absolute atomic E-state index is 9.55. The molecule has 0 aliphatic rings. The summed E-state index contributed by atoms with van der Waals surface area (Å²) in [5, 5.41) is 18.2. The molecule has 19 heavy (non-hydrogen) atoms. The Bertz CT molecular complexity index is 723. The highest BCUT2D eigenvalue weighted by atomic mass is 16.5. The number of anilines is 1. The van der Waals surface area contributed by atoms with Gasteiger partial charge in [0.2, 0.25) is 5.89 Å². The molecule has 0 saturated heterocycles. The van der Waals surface area contributed by atoms with E-state index in [1.807, 2.05) is 12.1 Å². The third kappa shape index (κ3) is 2.33. The van der Waals surface area contributed by atoms with Gasteiger partial charge in [0.1, 0.15) is 11.6 Å². The van der Waals surface area contributed by atoms with Gasteiger partial charge in [0.25, 0.3) is 0 Å². The zero-order valence-corrected chi connectivity index (χ0v) is 10.3. The van der Waals surface area contributed by atoms with Gasteiger partial charge in [0, 0.05) is 11.6 Å². The Morgan fingerprint density at radius 1 is 1.32 bits per heavy atom. The predicted molar refractivity (Wildman–Crippen MR) is 69.8 cm³/mol. The Balaban J connectivity index is 1.90. The van der Waals surface area contributed by atoms with E-state index in [9.17, 15) is 5.11 Å². The summed E-state index contributed by atoms with van der Waals surface area (Å²) < 4.78 is 5.02. The average molecular weight is 256 g/mol. The minimum absolute atomic E-state index is 0.206. The smallest absolute Gasteiger partial charge is 0.245 e. The Labute approximate surface area is 109 Å². The second-order valence-corrected chi connectivity index (χ2v) is 4.15. The molecule has 1 aromatic carbocycles. The number of fused-ring (bicyclic) bond motifs is 1. The highest BCUT2D eigenvalue weighted by molar-refractivity contribution is 5.92. The van der Waals surface area contributed by atoms with Crippen LogP contribution in [0.4, 0.5) is 5.82 Å². The van der Waals surface area contributed by atoms with Crippen molar-refractivity contribution in [3.8, 4) is 5.75 Å². The van der Waals surface area contributed by atoms with Crippen LogP contribution in [-0.2, 0) is 6.54 Å². The Morgan fingerprint density at radius 2 is 2.21 bits per heavy atom. The highest BCUT2D eigenvalue weighted by Crippen LogP contribution is 2.25. The lowest BCUT2D eigenvalue weighted by Gasteiger charge is -2.06. The summed E-state index contributed by atoms with van der Waals surface area (Å²) in [5.74, 6) is 1.97. The van der Waals surface area contributed by atoms with Gasteiger partial charge in [-0.2, -0.15) is 4.98 Å². The first-order valence-electron chi connectivity index (χ1n) is 5.83. The number of nitrogens with one attached hydrogen (secondary N) is 1. The number of benzene rings is 1. The fourth-order valence-corrected chi connectivity index (χ4v) is 1.87. The van der Waals surface area contributed by atoms with E-state index in [4.69, 9.17) is 4.52 Å². The summed E-state index contributed by atoms with van der Waals surface area (Å²) in [6.07, 6.45) is 1.71. The summed E-state index contributed by atoms with van der Waals surface area (Å²) >= 11 is 0. The van der Waals surface area contributed by atoms with Crippen LogP contribution in [0, 0.1) is 6.92 Å². The summed E-state index contributed by atoms with van der Waals surface area (Å²) in [7, 11) is 0. The molecule has 3 rings (SSSR count). The molecule has 2 N–H and O–H groups in total. The quantitative estimate of drug-likeness (QED) is 0.747. The molecule has 0 amide bonds. The molecule has 96 valence electrons. The first-order chi connectivity index (χ1) is 9.22. The van der Waals surface area contributed by atoms with Crippen LogP contribution in [0.2, 0.25) is 0 Å². The topological polar surface area (TPSA) is 84.1 Å². The van der Waals surface area contributed by atoms with Gasteiger partial charge >= 0.3 is 0 Å². The second-order valence-electron chi connectivity index (χ2n) is 4.15. The minimum atomic E-state index is 0.206. The van der Waals surface area contributed by atoms with E-state index in [2.05, 4.69) is 20.4 Å². The van der Waals surface area contributed by atoms with Crippen LogP contribution in [0.3, 0.4) is 0 Å². The number of pyridine rings is 1. The van der Waals surface area contributed by atoms with Gasteiger partial charge in [-0.15, -0.1) is 0 Å². The van der Waals surface area contributed by atoms with E-state index in [1.165, 1.54) is 0 Å². The van der Waals surface area contributed by atoms with Crippen molar-refractivity contribution < 1.29 is 9.63 Å². The van der Waals surface area contributed by atoms with Crippen LogP contribution in [-0.4, -0.2) is 20.2 Å². The van der Waals surface area contributed by atoms with Crippen molar-refractivity contribution in [2.45, 2.75) is 13.5 Å². The summed E-state index contributed by atoms with van der Waals surface area (Å²) in [4.78, 5) is 8.36. The lowest BCUT2D eigenvalue weighted by molar-refractivity contribution is 0.379. The van der Waals surface area contributed by atoms with Crippen LogP contribution in [0.25, 0.3) is 10.8 Å². The molecule has 0 unspecified atom stereocenters. The molecular weight excluding hydrogens is 244 g/mol. The molecule has 0 saturated carbocycles. The fourth-order valence-electron chi connectivity index (χ4n) is 1.87. The highest BCUT2D eigenvalue weighted by Gasteiger charge is 2.06. The molecule has 0 bridgehead atoms. The number of hydrogen-bond acceptors (Lipinski definition) is 6. The van der Waals surface area contributed by atoms with Crippen molar-refractivity contribution in [2.75, 3.05) is 5.32 Å². The van der Waals surface area contributed by atoms with Gasteiger partial charge in [0.15, 0.2) is 5.82 Å². The molecule has 2 heterocycles. The molecule has 0 fully saturated rings. The first-order valence-corrected chi connectivity index (χ1v) is 5.83. The van der Waals surface area contributed by atoms with E-state index < -0.39 is 0 Å². The molecule has 0 atom stereocenters. The molecule has 6 heteroatoms. The minimum Gasteiger partial charge on any atom is -0.508 e. The SMILES string of the molecule is Cc1noc(CNc2nccc3ccc(O)cc23)n1. The number of aromatic hydroxyl groups is 1. The van der Waals surface area contributed by atoms with Gasteiger partial charge in [-0.25, -0.2) is 4.98 Å². The van der Waals surface area contributed by atoms with E-state index in [0.29, 0.717) is 24.1 Å². The fraction of sp³-hybridized carbons (Fsp3) is 0.154. The number of phenolic OH excluding ortho intramolecular Hbond substituents is 1. The number of rotatable bonds is 3. The van der Waals surface area contributed by atoms with Crippen molar-refractivity contribution in [1.82, 2.24) is 15.1 Å². The Kier molecular flexibility index (Phi) is 2.75. The van der Waals surface area contributed by atoms with Crippen LogP contribution in [0.15, 0.2) is 35.0 Å². The Hall–Kier alpha value is -2.63. The normalized spacial score (nSPS) is 10.8. The molecule has 0 spiro atoms. The molecular formula is C13H12N4O2. The maximum Gasteiger partial charge on any atom is 0.245 e. The third-order valence-corrected chi connectivity index (χ3v) is 2.73. The van der Waals surface area contributed by atoms with Crippen molar-refractivity contribution in [3.05, 3.63) is 42.2 Å². The number of aryl methyl sites for hydroxylation is 1. The number of phenols is 1. The molecule has 3 aromatic rings. The van der Waals surface area contributed by atoms with Crippen molar-refractivity contribution in [3.63, 3.8) is 0 Å². The molecule has 2 aromatic heterocycles. The summed E-state index contributed by atoms with van der Waals surface area (Å²) in [5.41, 5.74) is 0. The molecule has 0 aliphatic heterocycles. The zero-order valence-electron chi connectivity index (χ0n) is 10.3. The monoisotopic (exact) mass is 256 g/mol. The second kappa shape index (κ2) is 4.56. The average Bonchev–Trinajstić information content (AvgIpc) is 2.82. The molecule has 0 radical (unpaired) electrons. The zero-order chi connectivity index (χ0) is 13.2. The summed E-state index contributed by atoms with van der Waals surface area (Å²) in [6, 6.07) is 7.04. The van der Waals surface area contributed by atoms with Gasteiger partial charge in [-0.3, -0.25) is 0 Å². The summed E-state index contributed by atoms with van der Waals surface area (Å²) in [6.45, 7) is 2.16. The van der Waals surface area contributed by atoms with Crippen LogP contribution in [0.5, 0.6) is 5.75 Å². The van der Waals surface area contributed by atoms with Crippen molar-refractivity contribution in [2.24, 2.45) is 0 Å². The van der Waals surface area contributed by atoms with E-state index >= 15 is 0 Å². The molecule has 6 nitrogen and oxygen atoms in total. The van der Waals surface area contributed by atoms with Crippen LogP contribution in [0.1, 0.15) is 11.7 Å². The van der Waals surface area contributed by atoms with E-state index in [0.717, 1.165) is 10.8 Å². The predicted octanol–water partition coefficient (Wildman–Crippen LogP) is 2.24. The number of hydrogen-bond donors (Lipinski definition) is 2. The van der Waals surface area contributed by atoms with Crippen molar-refractivity contribution in [1.29, 1.82) is 0 Å². The van der Waals surface area contributed by atoms with E-state index in [-0.39, 0.29) is 5.75 Å². The van der Waals surface area contributed by atoms with Gasteiger partial charge in [-0.1, -0.05) is 11.2 Å². The standard InChI is InChI=1S/C13H12N4O2/c1-8-16-12(19-17-8)7-15-13-11-6-10(18)3-2-9(11)4-5-14-13/h2-6,18H,7H2,1H3,(H,14,15). The van der Waals surface area contributed by atoms with Crippen molar-refractivity contribution >= 4 is 16.6 Å². The van der Waals surface area contributed by atoms with Crippen LogP contribution < -0.4 is 5.32 Å². The lowest BCUT2D eigenvalue weighted by atomic mass is 10.1. The molecule has 0 aliphatic carbocycles. The first kappa shape index (κ1) is 11.5. The van der Waals surface area contributed by atoms with Gasteiger partial charge in [-0.05, 0) is 30.5 Å². The largest absolute Gasteiger partial charge is 0.508 e. The van der Waals surface area contributed by atoms with Gasteiger partial charge < -0.3 is 14.9 Å². The number of aromatic nitrogens is 3. The maximum atomic E-state index is 9.55. The van der Waals surface area contributed by atoms with Crippen LogP contribution >= 0.6 is 0 Å². The number of nitrogens with zero attached hydrogens (tertiary/aromatic N) is 3. The lowest BCUT2D eigenvalue weighted by Crippen LogP contribution is -2.02. The van der Waals surface area contributed by atoms with E-state index in [1.54, 1.807) is 25.3 Å². The Morgan fingerprint density at radius 3 is 3.00 bits per heavy atom.